The van der Waals surface area contributed by atoms with E-state index in [1.54, 1.807) is 19.1 Å². The van der Waals surface area contributed by atoms with Gasteiger partial charge < -0.3 is 15.8 Å². The van der Waals surface area contributed by atoms with E-state index in [4.69, 9.17) is 10.5 Å². The molecule has 0 unspecified atom stereocenters. The number of amides is 1. The van der Waals surface area contributed by atoms with Gasteiger partial charge >= 0.3 is 5.97 Å². The van der Waals surface area contributed by atoms with Crippen molar-refractivity contribution in [2.75, 3.05) is 29.2 Å². The third-order valence-corrected chi connectivity index (χ3v) is 3.58. The lowest BCUT2D eigenvalue weighted by molar-refractivity contribution is -0.139. The van der Waals surface area contributed by atoms with Crippen LogP contribution in [0.4, 0.5) is 11.4 Å². The maximum atomic E-state index is 11.8. The van der Waals surface area contributed by atoms with Crippen LogP contribution in [0.1, 0.15) is 18.9 Å². The Morgan fingerprint density at radius 1 is 1.40 bits per heavy atom. The van der Waals surface area contributed by atoms with Crippen LogP contribution in [0.25, 0.3) is 0 Å². The standard InChI is InChI=1S/C14H20N2O3S/c1-3-19-14(18)9-20-8-7-13(17)16-12-6-4-5-11(15)10(12)2/h4-6H,3,7-9,15H2,1-2H3,(H,16,17). The van der Waals surface area contributed by atoms with Crippen LogP contribution < -0.4 is 11.1 Å². The molecule has 0 aliphatic carbocycles. The number of thioether (sulfide) groups is 1. The predicted molar refractivity (Wildman–Crippen MR) is 82.8 cm³/mol. The summed E-state index contributed by atoms with van der Waals surface area (Å²) in [5.41, 5.74) is 8.01. The Morgan fingerprint density at radius 2 is 2.15 bits per heavy atom. The average molecular weight is 296 g/mol. The highest BCUT2D eigenvalue weighted by atomic mass is 32.2. The third-order valence-electron chi connectivity index (χ3n) is 2.65. The molecule has 0 saturated carbocycles. The van der Waals surface area contributed by atoms with E-state index < -0.39 is 0 Å². The maximum Gasteiger partial charge on any atom is 0.315 e. The molecule has 0 bridgehead atoms. The lowest BCUT2D eigenvalue weighted by Gasteiger charge is -2.10. The van der Waals surface area contributed by atoms with Crippen LogP contribution >= 0.6 is 11.8 Å². The molecule has 0 atom stereocenters. The molecular weight excluding hydrogens is 276 g/mol. The van der Waals surface area contributed by atoms with Gasteiger partial charge in [-0.2, -0.15) is 0 Å². The lowest BCUT2D eigenvalue weighted by Crippen LogP contribution is -2.14. The second-order valence-corrected chi connectivity index (χ2v) is 5.28. The van der Waals surface area contributed by atoms with Crippen LogP contribution in [0.15, 0.2) is 18.2 Å². The zero-order valence-corrected chi connectivity index (χ0v) is 12.6. The van der Waals surface area contributed by atoms with Gasteiger partial charge in [-0.15, -0.1) is 11.8 Å². The van der Waals surface area contributed by atoms with Gasteiger partial charge in [0, 0.05) is 23.5 Å². The van der Waals surface area contributed by atoms with Crippen LogP contribution in [0, 0.1) is 6.92 Å². The molecule has 0 spiro atoms. The minimum absolute atomic E-state index is 0.0879. The van der Waals surface area contributed by atoms with Crippen molar-refractivity contribution >= 4 is 35.0 Å². The fourth-order valence-electron chi connectivity index (χ4n) is 1.52. The third kappa shape index (κ3) is 5.52. The summed E-state index contributed by atoms with van der Waals surface area (Å²) >= 11 is 1.39. The summed E-state index contributed by atoms with van der Waals surface area (Å²) in [5.74, 6) is 0.518. The van der Waals surface area contributed by atoms with Crippen LogP contribution in [0.5, 0.6) is 0 Å². The molecule has 1 amide bonds. The monoisotopic (exact) mass is 296 g/mol. The van der Waals surface area contributed by atoms with Crippen molar-refractivity contribution in [3.63, 3.8) is 0 Å². The van der Waals surface area contributed by atoms with E-state index in [-0.39, 0.29) is 17.6 Å². The number of nitrogens with two attached hydrogens (primary N) is 1. The fourth-order valence-corrected chi connectivity index (χ4v) is 2.25. The van der Waals surface area contributed by atoms with Crippen molar-refractivity contribution in [3.8, 4) is 0 Å². The van der Waals surface area contributed by atoms with Crippen molar-refractivity contribution in [1.29, 1.82) is 0 Å². The van der Waals surface area contributed by atoms with E-state index in [1.165, 1.54) is 11.8 Å². The second-order valence-electron chi connectivity index (χ2n) is 4.18. The topological polar surface area (TPSA) is 81.4 Å². The molecule has 0 aromatic heterocycles. The second kappa shape index (κ2) is 8.47. The summed E-state index contributed by atoms with van der Waals surface area (Å²) < 4.78 is 4.80. The van der Waals surface area contributed by atoms with Crippen molar-refractivity contribution in [3.05, 3.63) is 23.8 Å². The Labute approximate surface area is 123 Å². The van der Waals surface area contributed by atoms with Crippen LogP contribution in [0.3, 0.4) is 0 Å². The number of hydrogen-bond donors (Lipinski definition) is 2. The highest BCUT2D eigenvalue weighted by Crippen LogP contribution is 2.20. The lowest BCUT2D eigenvalue weighted by atomic mass is 10.1. The number of esters is 1. The molecule has 0 heterocycles. The predicted octanol–water partition coefficient (Wildman–Crippen LogP) is 2.20. The van der Waals surface area contributed by atoms with Crippen molar-refractivity contribution in [2.45, 2.75) is 20.3 Å². The van der Waals surface area contributed by atoms with Gasteiger partial charge in [-0.1, -0.05) is 6.07 Å². The van der Waals surface area contributed by atoms with Crippen LogP contribution in [-0.2, 0) is 14.3 Å². The van der Waals surface area contributed by atoms with Crippen LogP contribution in [-0.4, -0.2) is 30.0 Å². The first-order chi connectivity index (χ1) is 9.54. The number of nitrogens with one attached hydrogen (secondary N) is 1. The molecule has 6 heteroatoms. The minimum Gasteiger partial charge on any atom is -0.465 e. The first-order valence-corrected chi connectivity index (χ1v) is 7.58. The van der Waals surface area contributed by atoms with Crippen molar-refractivity contribution in [2.24, 2.45) is 0 Å². The number of rotatable bonds is 7. The summed E-state index contributed by atoms with van der Waals surface area (Å²) in [4.78, 5) is 22.9. The summed E-state index contributed by atoms with van der Waals surface area (Å²) in [6, 6.07) is 5.41. The molecule has 0 aliphatic rings. The smallest absolute Gasteiger partial charge is 0.315 e. The molecule has 1 rings (SSSR count). The summed E-state index contributed by atoms with van der Waals surface area (Å²) in [5, 5.41) is 2.82. The van der Waals surface area contributed by atoms with Crippen molar-refractivity contribution in [1.82, 2.24) is 0 Å². The van der Waals surface area contributed by atoms with Gasteiger partial charge in [-0.05, 0) is 31.5 Å². The Kier molecular flexibility index (Phi) is 6.93. The number of carbonyl (C=O) groups is 2. The molecule has 0 aliphatic heterocycles. The van der Waals surface area contributed by atoms with Crippen molar-refractivity contribution < 1.29 is 14.3 Å². The van der Waals surface area contributed by atoms with E-state index in [2.05, 4.69) is 5.32 Å². The summed E-state index contributed by atoms with van der Waals surface area (Å²) in [6.07, 6.45) is 0.346. The van der Waals surface area contributed by atoms with Gasteiger partial charge in [0.1, 0.15) is 0 Å². The van der Waals surface area contributed by atoms with E-state index in [9.17, 15) is 9.59 Å². The first-order valence-electron chi connectivity index (χ1n) is 6.43. The zero-order valence-electron chi connectivity index (χ0n) is 11.8. The number of anilines is 2. The molecule has 5 nitrogen and oxygen atoms in total. The Balaban J connectivity index is 2.30. The van der Waals surface area contributed by atoms with E-state index >= 15 is 0 Å². The largest absolute Gasteiger partial charge is 0.465 e. The molecule has 0 radical (unpaired) electrons. The van der Waals surface area contributed by atoms with Gasteiger partial charge in [0.2, 0.25) is 5.91 Å². The van der Waals surface area contributed by atoms with E-state index in [0.29, 0.717) is 24.5 Å². The SMILES string of the molecule is CCOC(=O)CSCCC(=O)Nc1cccc(N)c1C. The summed E-state index contributed by atoms with van der Waals surface area (Å²) in [6.45, 7) is 4.01. The Bertz CT molecular complexity index is 477. The number of hydrogen-bond acceptors (Lipinski definition) is 5. The molecule has 1 aromatic carbocycles. The number of benzene rings is 1. The highest BCUT2D eigenvalue weighted by Gasteiger charge is 2.07. The van der Waals surface area contributed by atoms with Gasteiger partial charge in [-0.25, -0.2) is 0 Å². The van der Waals surface area contributed by atoms with Gasteiger partial charge in [0.05, 0.1) is 12.4 Å². The summed E-state index contributed by atoms with van der Waals surface area (Å²) in [7, 11) is 0. The Hall–Kier alpha value is -1.69. The maximum absolute atomic E-state index is 11.8. The van der Waals surface area contributed by atoms with Gasteiger partial charge in [0.15, 0.2) is 0 Å². The average Bonchev–Trinajstić information content (AvgIpc) is 2.40. The normalized spacial score (nSPS) is 10.1. The van der Waals surface area contributed by atoms with E-state index in [0.717, 1.165) is 11.3 Å². The first kappa shape index (κ1) is 16.4. The van der Waals surface area contributed by atoms with Gasteiger partial charge in [0.25, 0.3) is 0 Å². The minimum atomic E-state index is -0.246. The molecule has 20 heavy (non-hydrogen) atoms. The van der Waals surface area contributed by atoms with E-state index in [1.807, 2.05) is 13.0 Å². The number of carbonyl (C=O) groups excluding carboxylic acids is 2. The quantitative estimate of drug-likeness (QED) is 0.458. The highest BCUT2D eigenvalue weighted by molar-refractivity contribution is 7.99. The molecule has 1 aromatic rings. The fraction of sp³-hybridized carbons (Fsp3) is 0.429. The molecule has 0 fully saturated rings. The molecule has 110 valence electrons. The van der Waals surface area contributed by atoms with Crippen LogP contribution in [0.2, 0.25) is 0 Å². The Morgan fingerprint density at radius 3 is 2.85 bits per heavy atom. The molecule has 3 N–H and O–H groups in total. The van der Waals surface area contributed by atoms with Gasteiger partial charge in [-0.3, -0.25) is 9.59 Å². The molecule has 0 saturated heterocycles. The number of ether oxygens (including phenoxy) is 1. The zero-order chi connectivity index (χ0) is 15.0. The number of nitrogen functional groups attached to an aromatic ring is 1. The molecular formula is C14H20N2O3S.